The van der Waals surface area contributed by atoms with E-state index < -0.39 is 0 Å². The van der Waals surface area contributed by atoms with Crippen LogP contribution >= 0.6 is 0 Å². The van der Waals surface area contributed by atoms with Gasteiger partial charge in [0.05, 0.1) is 23.4 Å². The van der Waals surface area contributed by atoms with E-state index in [9.17, 15) is 4.79 Å². The normalized spacial score (nSPS) is 12.5. The van der Waals surface area contributed by atoms with Crippen LogP contribution in [0, 0.1) is 0 Å². The Morgan fingerprint density at radius 2 is 1.83 bits per heavy atom. The smallest absolute Gasteiger partial charge is 0.251 e. The summed E-state index contributed by atoms with van der Waals surface area (Å²) in [6.45, 7) is 6.21. The minimum Gasteiger partial charge on any atom is -0.346 e. The van der Waals surface area contributed by atoms with Gasteiger partial charge in [0.2, 0.25) is 0 Å². The molecule has 4 nitrogen and oxygen atoms in total. The van der Waals surface area contributed by atoms with Crippen LogP contribution in [0.5, 0.6) is 0 Å². The van der Waals surface area contributed by atoms with Crippen LogP contribution in [0.4, 0.5) is 0 Å². The zero-order valence-electron chi connectivity index (χ0n) is 13.7. The number of hydrogen-bond donors (Lipinski definition) is 1. The summed E-state index contributed by atoms with van der Waals surface area (Å²) in [5.41, 5.74) is 3.62. The Morgan fingerprint density at radius 3 is 2.52 bits per heavy atom. The lowest BCUT2D eigenvalue weighted by Crippen LogP contribution is -2.26. The predicted molar refractivity (Wildman–Crippen MR) is 92.4 cm³/mol. The van der Waals surface area contributed by atoms with Crippen LogP contribution in [0.2, 0.25) is 0 Å². The molecule has 1 atom stereocenters. The summed E-state index contributed by atoms with van der Waals surface area (Å²) < 4.78 is 2.10. The zero-order chi connectivity index (χ0) is 16.4. The van der Waals surface area contributed by atoms with Gasteiger partial charge in [-0.1, -0.05) is 30.3 Å². The Bertz CT molecular complexity index is 821. The third-order valence-electron chi connectivity index (χ3n) is 4.04. The average molecular weight is 307 g/mol. The van der Waals surface area contributed by atoms with Crippen molar-refractivity contribution >= 4 is 16.9 Å². The molecule has 0 spiro atoms. The first-order chi connectivity index (χ1) is 11.1. The van der Waals surface area contributed by atoms with E-state index in [1.54, 1.807) is 0 Å². The van der Waals surface area contributed by atoms with E-state index in [4.69, 9.17) is 0 Å². The lowest BCUT2D eigenvalue weighted by Gasteiger charge is -2.14. The van der Waals surface area contributed by atoms with Crippen LogP contribution in [-0.4, -0.2) is 15.5 Å². The standard InChI is InChI=1S/C19H21N3O/c1-13(2)22-12-20-17-11-16(9-10-18(17)22)19(23)21-14(3)15-7-5-4-6-8-15/h4-14H,1-3H3,(H,21,23). The van der Waals surface area contributed by atoms with Gasteiger partial charge in [-0.2, -0.15) is 0 Å². The molecule has 2 aromatic carbocycles. The summed E-state index contributed by atoms with van der Waals surface area (Å²) in [4.78, 5) is 16.9. The molecule has 4 heteroatoms. The Balaban J connectivity index is 1.81. The van der Waals surface area contributed by atoms with Crippen LogP contribution in [0.1, 0.15) is 48.8 Å². The number of carbonyl (C=O) groups excluding carboxylic acids is 1. The summed E-state index contributed by atoms with van der Waals surface area (Å²) in [5, 5.41) is 3.03. The highest BCUT2D eigenvalue weighted by molar-refractivity contribution is 5.97. The van der Waals surface area contributed by atoms with E-state index in [1.165, 1.54) is 0 Å². The second-order valence-corrected chi connectivity index (χ2v) is 6.05. The van der Waals surface area contributed by atoms with Crippen LogP contribution < -0.4 is 5.32 Å². The zero-order valence-corrected chi connectivity index (χ0v) is 13.7. The number of benzene rings is 2. The molecule has 1 amide bonds. The van der Waals surface area contributed by atoms with Crippen LogP contribution in [0.15, 0.2) is 54.9 Å². The molecule has 0 saturated heterocycles. The number of rotatable bonds is 4. The maximum absolute atomic E-state index is 12.5. The number of nitrogens with one attached hydrogen (secondary N) is 1. The number of nitrogens with zero attached hydrogens (tertiary/aromatic N) is 2. The van der Waals surface area contributed by atoms with Crippen molar-refractivity contribution in [3.05, 3.63) is 66.0 Å². The minimum absolute atomic E-state index is 0.0346. The maximum Gasteiger partial charge on any atom is 0.251 e. The second-order valence-electron chi connectivity index (χ2n) is 6.05. The summed E-state index contributed by atoms with van der Waals surface area (Å²) >= 11 is 0. The topological polar surface area (TPSA) is 46.9 Å². The highest BCUT2D eigenvalue weighted by Crippen LogP contribution is 2.19. The highest BCUT2D eigenvalue weighted by atomic mass is 16.1. The molecule has 0 saturated carbocycles. The Labute approximate surface area is 136 Å². The third-order valence-corrected chi connectivity index (χ3v) is 4.04. The van der Waals surface area contributed by atoms with Gasteiger partial charge in [0.15, 0.2) is 0 Å². The Kier molecular flexibility index (Phi) is 4.15. The number of fused-ring (bicyclic) bond motifs is 1. The number of aromatic nitrogens is 2. The van der Waals surface area contributed by atoms with E-state index in [-0.39, 0.29) is 11.9 Å². The third kappa shape index (κ3) is 3.11. The maximum atomic E-state index is 12.5. The first kappa shape index (κ1) is 15.3. The van der Waals surface area contributed by atoms with Crippen molar-refractivity contribution in [2.75, 3.05) is 0 Å². The fourth-order valence-electron chi connectivity index (χ4n) is 2.69. The van der Waals surface area contributed by atoms with Gasteiger partial charge in [0, 0.05) is 11.6 Å². The molecule has 1 heterocycles. The van der Waals surface area contributed by atoms with E-state index in [2.05, 4.69) is 28.7 Å². The van der Waals surface area contributed by atoms with Gasteiger partial charge >= 0.3 is 0 Å². The molecule has 23 heavy (non-hydrogen) atoms. The molecular weight excluding hydrogens is 286 g/mol. The molecule has 1 aromatic heterocycles. The van der Waals surface area contributed by atoms with E-state index >= 15 is 0 Å². The summed E-state index contributed by atoms with van der Waals surface area (Å²) in [5.74, 6) is -0.0812. The molecule has 3 rings (SSSR count). The van der Waals surface area contributed by atoms with Crippen LogP contribution in [0.3, 0.4) is 0 Å². The Hall–Kier alpha value is -2.62. The van der Waals surface area contributed by atoms with Gasteiger partial charge in [-0.15, -0.1) is 0 Å². The van der Waals surface area contributed by atoms with Crippen molar-refractivity contribution < 1.29 is 4.79 Å². The fraction of sp³-hybridized carbons (Fsp3) is 0.263. The van der Waals surface area contributed by atoms with E-state index in [0.29, 0.717) is 11.6 Å². The summed E-state index contributed by atoms with van der Waals surface area (Å²) in [6.07, 6.45) is 1.82. The predicted octanol–water partition coefficient (Wildman–Crippen LogP) is 4.11. The van der Waals surface area contributed by atoms with Gasteiger partial charge in [-0.25, -0.2) is 4.98 Å². The monoisotopic (exact) mass is 307 g/mol. The Morgan fingerprint density at radius 1 is 1.09 bits per heavy atom. The van der Waals surface area contributed by atoms with Crippen molar-refractivity contribution in [3.8, 4) is 0 Å². The SMILES string of the molecule is CC(NC(=O)c1ccc2c(c1)ncn2C(C)C)c1ccccc1. The number of carbonyl (C=O) groups is 1. The van der Waals surface area contributed by atoms with Crippen molar-refractivity contribution in [2.24, 2.45) is 0 Å². The summed E-state index contributed by atoms with van der Waals surface area (Å²) in [7, 11) is 0. The molecule has 0 fully saturated rings. The first-order valence-electron chi connectivity index (χ1n) is 7.88. The molecule has 0 aliphatic rings. The average Bonchev–Trinajstić information content (AvgIpc) is 2.98. The van der Waals surface area contributed by atoms with E-state index in [0.717, 1.165) is 16.6 Å². The number of hydrogen-bond acceptors (Lipinski definition) is 2. The largest absolute Gasteiger partial charge is 0.346 e. The van der Waals surface area contributed by atoms with Gasteiger partial charge < -0.3 is 9.88 Å². The molecule has 1 unspecified atom stereocenters. The molecule has 0 bridgehead atoms. The number of amides is 1. The van der Waals surface area contributed by atoms with Crippen molar-refractivity contribution in [1.82, 2.24) is 14.9 Å². The first-order valence-corrected chi connectivity index (χ1v) is 7.88. The van der Waals surface area contributed by atoms with Crippen LogP contribution in [0.25, 0.3) is 11.0 Å². The lowest BCUT2D eigenvalue weighted by molar-refractivity contribution is 0.0940. The molecule has 3 aromatic rings. The van der Waals surface area contributed by atoms with Gasteiger partial charge in [-0.05, 0) is 44.5 Å². The highest BCUT2D eigenvalue weighted by Gasteiger charge is 2.13. The molecule has 0 aliphatic heterocycles. The second kappa shape index (κ2) is 6.24. The molecule has 1 N–H and O–H groups in total. The molecule has 0 aliphatic carbocycles. The van der Waals surface area contributed by atoms with Gasteiger partial charge in [0.25, 0.3) is 5.91 Å². The van der Waals surface area contributed by atoms with Crippen molar-refractivity contribution in [2.45, 2.75) is 32.9 Å². The lowest BCUT2D eigenvalue weighted by atomic mass is 10.1. The van der Waals surface area contributed by atoms with Crippen LogP contribution in [-0.2, 0) is 0 Å². The minimum atomic E-state index is -0.0812. The fourth-order valence-corrected chi connectivity index (χ4v) is 2.69. The quantitative estimate of drug-likeness (QED) is 0.788. The molecular formula is C19H21N3O. The van der Waals surface area contributed by atoms with E-state index in [1.807, 2.05) is 61.8 Å². The molecule has 0 radical (unpaired) electrons. The summed E-state index contributed by atoms with van der Waals surface area (Å²) in [6, 6.07) is 15.9. The van der Waals surface area contributed by atoms with Gasteiger partial charge in [-0.3, -0.25) is 4.79 Å². The molecule has 118 valence electrons. The van der Waals surface area contributed by atoms with Crippen molar-refractivity contribution in [1.29, 1.82) is 0 Å². The van der Waals surface area contributed by atoms with Gasteiger partial charge in [0.1, 0.15) is 0 Å². The van der Waals surface area contributed by atoms with Crippen molar-refractivity contribution in [3.63, 3.8) is 0 Å². The number of imidazole rings is 1.